The number of aryl methyl sites for hydroxylation is 1. The van der Waals surface area contributed by atoms with Crippen LogP contribution in [0.2, 0.25) is 0 Å². The van der Waals surface area contributed by atoms with Crippen molar-refractivity contribution < 1.29 is 31.1 Å². The van der Waals surface area contributed by atoms with E-state index in [1.165, 1.54) is 23.7 Å². The van der Waals surface area contributed by atoms with Gasteiger partial charge in [0.1, 0.15) is 6.54 Å². The number of nitrogens with zero attached hydrogens (tertiary/aromatic N) is 4. The highest BCUT2D eigenvalue weighted by molar-refractivity contribution is 9.10. The predicted octanol–water partition coefficient (Wildman–Crippen LogP) is 5.49. The van der Waals surface area contributed by atoms with Crippen LogP contribution in [0, 0.1) is 20.8 Å². The smallest absolute Gasteiger partial charge is 0.321 e. The number of amides is 1. The van der Waals surface area contributed by atoms with Crippen molar-refractivity contribution in [2.24, 2.45) is 0 Å². The Kier molecular flexibility index (Phi) is 6.65. The van der Waals surface area contributed by atoms with Crippen molar-refractivity contribution in [2.75, 3.05) is 5.32 Å². The minimum atomic E-state index is -4.68. The van der Waals surface area contributed by atoms with Gasteiger partial charge in [-0.05, 0) is 54.4 Å². The van der Waals surface area contributed by atoms with Crippen molar-refractivity contribution in [1.29, 1.82) is 0 Å². The Labute approximate surface area is 192 Å². The minimum absolute atomic E-state index is 0.0343. The van der Waals surface area contributed by atoms with Gasteiger partial charge in [-0.2, -0.15) is 36.5 Å². The molecule has 0 unspecified atom stereocenters. The average Bonchev–Trinajstić information content (AvgIpc) is 3.12. The van der Waals surface area contributed by atoms with Crippen molar-refractivity contribution in [1.82, 2.24) is 19.6 Å². The molecule has 0 saturated heterocycles. The van der Waals surface area contributed by atoms with Gasteiger partial charge in [-0.25, -0.2) is 0 Å². The number of anilines is 1. The second-order valence-electron chi connectivity index (χ2n) is 7.35. The minimum Gasteiger partial charge on any atom is -0.321 e. The number of alkyl halides is 6. The molecular formula is C20H18BrF6N5O. The number of rotatable bonds is 5. The topological polar surface area (TPSA) is 64.7 Å². The quantitative estimate of drug-likeness (QED) is 0.437. The van der Waals surface area contributed by atoms with Gasteiger partial charge in [0.2, 0.25) is 5.91 Å². The highest BCUT2D eigenvalue weighted by Gasteiger charge is 2.38. The lowest BCUT2D eigenvalue weighted by molar-refractivity contribution is -0.142. The van der Waals surface area contributed by atoms with Gasteiger partial charge >= 0.3 is 12.4 Å². The van der Waals surface area contributed by atoms with Crippen LogP contribution >= 0.6 is 15.9 Å². The van der Waals surface area contributed by atoms with Crippen LogP contribution in [0.3, 0.4) is 0 Å². The molecule has 2 aromatic heterocycles. The highest BCUT2D eigenvalue weighted by Crippen LogP contribution is 2.35. The van der Waals surface area contributed by atoms with E-state index < -0.39 is 36.1 Å². The van der Waals surface area contributed by atoms with E-state index in [0.717, 1.165) is 16.8 Å². The Morgan fingerprint density at radius 3 is 2.24 bits per heavy atom. The summed E-state index contributed by atoms with van der Waals surface area (Å²) < 4.78 is 80.1. The normalized spacial score (nSPS) is 12.3. The van der Waals surface area contributed by atoms with Crippen molar-refractivity contribution in [2.45, 2.75) is 46.2 Å². The highest BCUT2D eigenvalue weighted by atomic mass is 79.9. The summed E-state index contributed by atoms with van der Waals surface area (Å²) in [6.07, 6.45) is -9.15. The molecule has 0 saturated carbocycles. The van der Waals surface area contributed by atoms with E-state index in [9.17, 15) is 31.1 Å². The maximum absolute atomic E-state index is 13.0. The second kappa shape index (κ2) is 8.84. The lowest BCUT2D eigenvalue weighted by atomic mass is 10.1. The van der Waals surface area contributed by atoms with Crippen LogP contribution in [0.5, 0.6) is 0 Å². The molecule has 6 nitrogen and oxygen atoms in total. The third kappa shape index (κ3) is 5.40. The summed E-state index contributed by atoms with van der Waals surface area (Å²) in [6, 6.07) is 4.81. The largest absolute Gasteiger partial charge is 0.436 e. The fraction of sp³-hybridized carbons (Fsp3) is 0.350. The number of carbonyl (C=O) groups excluding carboxylic acids is 1. The summed E-state index contributed by atoms with van der Waals surface area (Å²) >= 11 is 2.85. The van der Waals surface area contributed by atoms with Gasteiger partial charge < -0.3 is 5.32 Å². The summed E-state index contributed by atoms with van der Waals surface area (Å²) in [5, 5.41) is 10.3. The summed E-state index contributed by atoms with van der Waals surface area (Å²) in [5.41, 5.74) is -0.207. The standard InChI is InChI=1S/C20H18BrF6N5O/c1-10-17(28-15(33)9-32-11(2)16(21)18(30-32)20(25,26)27)12(3)31(29-10)8-13-5-4-6-14(7-13)19(22,23)24/h4-7H,8-9H2,1-3H3,(H,28,33). The van der Waals surface area contributed by atoms with Gasteiger partial charge in [-0.15, -0.1) is 0 Å². The molecule has 0 spiro atoms. The number of carbonyl (C=O) groups is 1. The predicted molar refractivity (Wildman–Crippen MR) is 111 cm³/mol. The van der Waals surface area contributed by atoms with E-state index in [4.69, 9.17) is 0 Å². The first-order valence-electron chi connectivity index (χ1n) is 9.48. The summed E-state index contributed by atoms with van der Waals surface area (Å²) in [5.74, 6) is -0.633. The van der Waals surface area contributed by atoms with Crippen LogP contribution in [0.1, 0.15) is 33.9 Å². The van der Waals surface area contributed by atoms with Crippen molar-refractivity contribution >= 4 is 27.5 Å². The Morgan fingerprint density at radius 1 is 1.00 bits per heavy atom. The number of aromatic nitrogens is 4. The van der Waals surface area contributed by atoms with Gasteiger partial charge in [0, 0.05) is 0 Å². The van der Waals surface area contributed by atoms with E-state index in [0.29, 0.717) is 22.6 Å². The van der Waals surface area contributed by atoms with E-state index in [1.54, 1.807) is 13.8 Å². The van der Waals surface area contributed by atoms with Crippen LogP contribution in [-0.4, -0.2) is 25.5 Å². The molecule has 2 heterocycles. The molecule has 1 amide bonds. The Bertz CT molecular complexity index is 1190. The fourth-order valence-electron chi connectivity index (χ4n) is 3.23. The number of benzene rings is 1. The monoisotopic (exact) mass is 537 g/mol. The van der Waals surface area contributed by atoms with E-state index in [1.807, 2.05) is 0 Å². The summed E-state index contributed by atoms with van der Waals surface area (Å²) in [6.45, 7) is 4.18. The molecule has 13 heteroatoms. The lowest BCUT2D eigenvalue weighted by Gasteiger charge is -2.10. The maximum atomic E-state index is 13.0. The van der Waals surface area contributed by atoms with E-state index >= 15 is 0 Å². The van der Waals surface area contributed by atoms with Gasteiger partial charge in [-0.3, -0.25) is 14.2 Å². The molecule has 0 atom stereocenters. The van der Waals surface area contributed by atoms with Gasteiger partial charge in [0.15, 0.2) is 5.69 Å². The average molecular weight is 538 g/mol. The molecule has 33 heavy (non-hydrogen) atoms. The van der Waals surface area contributed by atoms with Crippen molar-refractivity contribution in [3.05, 3.63) is 62.6 Å². The van der Waals surface area contributed by atoms with Gasteiger partial charge in [-0.1, -0.05) is 12.1 Å². The SMILES string of the molecule is Cc1nn(Cc2cccc(C(F)(F)F)c2)c(C)c1NC(=O)Cn1nc(C(F)(F)F)c(Br)c1C. The first kappa shape index (κ1) is 24.8. The Balaban J connectivity index is 1.78. The van der Waals surface area contributed by atoms with Gasteiger partial charge in [0.05, 0.1) is 39.4 Å². The number of halogens is 7. The molecule has 3 rings (SSSR count). The molecule has 0 aliphatic rings. The first-order valence-corrected chi connectivity index (χ1v) is 10.3. The fourth-order valence-corrected chi connectivity index (χ4v) is 3.73. The molecule has 0 fully saturated rings. The molecule has 0 radical (unpaired) electrons. The van der Waals surface area contributed by atoms with Crippen molar-refractivity contribution in [3.63, 3.8) is 0 Å². The van der Waals surface area contributed by atoms with Gasteiger partial charge in [0.25, 0.3) is 0 Å². The molecule has 178 valence electrons. The zero-order chi connectivity index (χ0) is 24.7. The first-order chi connectivity index (χ1) is 15.2. The molecule has 1 N–H and O–H groups in total. The van der Waals surface area contributed by atoms with Crippen molar-refractivity contribution in [3.8, 4) is 0 Å². The molecule has 3 aromatic rings. The number of nitrogens with one attached hydrogen (secondary N) is 1. The third-order valence-corrected chi connectivity index (χ3v) is 5.88. The van der Waals surface area contributed by atoms with E-state index in [2.05, 4.69) is 31.4 Å². The lowest BCUT2D eigenvalue weighted by Crippen LogP contribution is -2.21. The zero-order valence-electron chi connectivity index (χ0n) is 17.6. The van der Waals surface area contributed by atoms with Crippen LogP contribution in [-0.2, 0) is 30.2 Å². The van der Waals surface area contributed by atoms with E-state index in [-0.39, 0.29) is 16.7 Å². The maximum Gasteiger partial charge on any atom is 0.436 e. The third-order valence-electron chi connectivity index (χ3n) is 4.93. The molecule has 1 aromatic carbocycles. The Hall–Kier alpha value is -2.83. The second-order valence-corrected chi connectivity index (χ2v) is 8.15. The molecular weight excluding hydrogens is 520 g/mol. The number of hydrogen-bond acceptors (Lipinski definition) is 3. The van der Waals surface area contributed by atoms with Crippen LogP contribution in [0.25, 0.3) is 0 Å². The molecule has 0 aliphatic carbocycles. The van der Waals surface area contributed by atoms with Crippen LogP contribution in [0.15, 0.2) is 28.7 Å². The number of hydrogen-bond donors (Lipinski definition) is 1. The van der Waals surface area contributed by atoms with Crippen LogP contribution < -0.4 is 5.32 Å². The summed E-state index contributed by atoms with van der Waals surface area (Å²) in [7, 11) is 0. The molecule has 0 aliphatic heterocycles. The molecule has 0 bridgehead atoms. The van der Waals surface area contributed by atoms with Crippen LogP contribution in [0.4, 0.5) is 32.0 Å². The summed E-state index contributed by atoms with van der Waals surface area (Å²) in [4.78, 5) is 12.5. The zero-order valence-corrected chi connectivity index (χ0v) is 19.2. The Morgan fingerprint density at radius 2 is 1.67 bits per heavy atom.